The molecule has 6 heteroatoms. The van der Waals surface area contributed by atoms with Crippen LogP contribution >= 0.6 is 0 Å². The van der Waals surface area contributed by atoms with Gasteiger partial charge in [0.05, 0.1) is 10.3 Å². The van der Waals surface area contributed by atoms with Crippen LogP contribution in [0.15, 0.2) is 63.9 Å². The summed E-state index contributed by atoms with van der Waals surface area (Å²) in [5.74, 6) is 0.814. The third-order valence-corrected chi connectivity index (χ3v) is 8.73. The molecule has 0 fully saturated rings. The van der Waals surface area contributed by atoms with Crippen molar-refractivity contribution in [1.29, 1.82) is 0 Å². The molecule has 0 amide bonds. The van der Waals surface area contributed by atoms with Crippen molar-refractivity contribution in [3.8, 4) is 11.3 Å². The molecule has 0 saturated carbocycles. The third kappa shape index (κ3) is 3.25. The molecule has 1 aliphatic rings. The molecule has 1 aliphatic heterocycles. The first-order valence-corrected chi connectivity index (χ1v) is 14.4. The lowest BCUT2D eigenvalue weighted by Gasteiger charge is -2.19. The van der Waals surface area contributed by atoms with Crippen LogP contribution in [0.3, 0.4) is 0 Å². The number of nitrogens with zero attached hydrogens (tertiary/aromatic N) is 1. The molecule has 0 aliphatic carbocycles. The Morgan fingerprint density at radius 3 is 2.11 bits per heavy atom. The molecular formula is C22H25NO3SSi. The smallest absolute Gasteiger partial charge is 0.243 e. The monoisotopic (exact) mass is 411 g/mol. The first-order valence-electron chi connectivity index (χ1n) is 9.45. The molecule has 0 radical (unpaired) electrons. The van der Waals surface area contributed by atoms with E-state index in [0.717, 1.165) is 33.4 Å². The average Bonchev–Trinajstić information content (AvgIpc) is 3.22. The van der Waals surface area contributed by atoms with Gasteiger partial charge in [-0.1, -0.05) is 67.7 Å². The minimum atomic E-state index is -3.55. The predicted molar refractivity (Wildman–Crippen MR) is 115 cm³/mol. The first-order chi connectivity index (χ1) is 13.2. The summed E-state index contributed by atoms with van der Waals surface area (Å²) in [5, 5.41) is 1.00. The molecule has 146 valence electrons. The Labute approximate surface area is 167 Å². The molecule has 2 heterocycles. The van der Waals surface area contributed by atoms with Crippen molar-refractivity contribution >= 4 is 23.5 Å². The van der Waals surface area contributed by atoms with E-state index in [0.29, 0.717) is 18.0 Å². The van der Waals surface area contributed by atoms with Crippen LogP contribution in [0.2, 0.25) is 19.6 Å². The van der Waals surface area contributed by atoms with E-state index in [4.69, 9.17) is 4.42 Å². The SMILES string of the molecule is Cc1ccc(S(=O)(=O)N2Cc3c(-c4ccccc4)oc([Si](C)(C)C)c3C2)cc1. The predicted octanol–water partition coefficient (Wildman–Crippen LogP) is 4.50. The lowest BCUT2D eigenvalue weighted by Crippen LogP contribution is -2.39. The Hall–Kier alpha value is -2.15. The molecule has 28 heavy (non-hydrogen) atoms. The average molecular weight is 412 g/mol. The summed E-state index contributed by atoms with van der Waals surface area (Å²) in [5.41, 5.74) is 4.12. The van der Waals surface area contributed by atoms with Crippen LogP contribution < -0.4 is 5.38 Å². The van der Waals surface area contributed by atoms with Gasteiger partial charge in [-0.25, -0.2) is 8.42 Å². The quantitative estimate of drug-likeness (QED) is 0.594. The summed E-state index contributed by atoms with van der Waals surface area (Å²) in [6.07, 6.45) is 0. The van der Waals surface area contributed by atoms with Crippen molar-refractivity contribution in [2.24, 2.45) is 0 Å². The Morgan fingerprint density at radius 1 is 0.893 bits per heavy atom. The van der Waals surface area contributed by atoms with Crippen LogP contribution in [0.1, 0.15) is 16.7 Å². The zero-order chi connectivity index (χ0) is 20.1. The fourth-order valence-electron chi connectivity index (χ4n) is 3.70. The molecule has 4 rings (SSSR count). The number of fused-ring (bicyclic) bond motifs is 1. The maximum Gasteiger partial charge on any atom is 0.243 e. The fourth-order valence-corrected chi connectivity index (χ4v) is 6.62. The van der Waals surface area contributed by atoms with Crippen molar-refractivity contribution in [3.63, 3.8) is 0 Å². The van der Waals surface area contributed by atoms with E-state index in [2.05, 4.69) is 19.6 Å². The van der Waals surface area contributed by atoms with Crippen LogP contribution in [-0.4, -0.2) is 20.8 Å². The van der Waals surface area contributed by atoms with E-state index in [-0.39, 0.29) is 0 Å². The molecule has 0 unspecified atom stereocenters. The number of sulfonamides is 1. The topological polar surface area (TPSA) is 50.5 Å². The van der Waals surface area contributed by atoms with Crippen molar-refractivity contribution in [1.82, 2.24) is 4.31 Å². The van der Waals surface area contributed by atoms with Gasteiger partial charge in [-0.3, -0.25) is 0 Å². The van der Waals surface area contributed by atoms with Gasteiger partial charge in [-0.15, -0.1) is 0 Å². The lowest BCUT2D eigenvalue weighted by atomic mass is 10.1. The summed E-state index contributed by atoms with van der Waals surface area (Å²) in [6.45, 7) is 9.38. The first kappa shape index (κ1) is 19.2. The van der Waals surface area contributed by atoms with Gasteiger partial charge in [0.1, 0.15) is 13.8 Å². The maximum atomic E-state index is 13.2. The molecule has 0 atom stereocenters. The second kappa shape index (κ2) is 6.72. The summed E-state index contributed by atoms with van der Waals surface area (Å²) >= 11 is 0. The summed E-state index contributed by atoms with van der Waals surface area (Å²) in [7, 11) is -5.31. The van der Waals surface area contributed by atoms with Crippen molar-refractivity contribution < 1.29 is 12.8 Å². The van der Waals surface area contributed by atoms with Crippen molar-refractivity contribution in [2.75, 3.05) is 0 Å². The molecule has 0 bridgehead atoms. The molecule has 2 aromatic carbocycles. The van der Waals surface area contributed by atoms with Gasteiger partial charge in [0.15, 0.2) is 0 Å². The minimum absolute atomic E-state index is 0.344. The highest BCUT2D eigenvalue weighted by atomic mass is 32.2. The van der Waals surface area contributed by atoms with Gasteiger partial charge in [0, 0.05) is 29.8 Å². The van der Waals surface area contributed by atoms with Crippen LogP contribution in [0.4, 0.5) is 0 Å². The van der Waals surface area contributed by atoms with E-state index in [9.17, 15) is 8.42 Å². The highest BCUT2D eigenvalue weighted by Gasteiger charge is 2.39. The third-order valence-electron chi connectivity index (χ3n) is 5.16. The van der Waals surface area contributed by atoms with E-state index >= 15 is 0 Å². The molecule has 0 saturated heterocycles. The second-order valence-electron chi connectivity index (χ2n) is 8.42. The zero-order valence-corrected chi connectivity index (χ0v) is 18.5. The minimum Gasteiger partial charge on any atom is -0.466 e. The van der Waals surface area contributed by atoms with Crippen molar-refractivity contribution in [2.45, 2.75) is 44.5 Å². The Balaban J connectivity index is 1.78. The Kier molecular flexibility index (Phi) is 4.60. The number of rotatable bonds is 4. The Bertz CT molecular complexity index is 1110. The zero-order valence-electron chi connectivity index (χ0n) is 16.7. The summed E-state index contributed by atoms with van der Waals surface area (Å²) < 4.78 is 34.4. The van der Waals surface area contributed by atoms with Gasteiger partial charge >= 0.3 is 0 Å². The van der Waals surface area contributed by atoms with Gasteiger partial charge in [-0.05, 0) is 19.1 Å². The lowest BCUT2D eigenvalue weighted by molar-refractivity contribution is 0.425. The van der Waals surface area contributed by atoms with Gasteiger partial charge in [0.25, 0.3) is 0 Å². The fraction of sp³-hybridized carbons (Fsp3) is 0.273. The van der Waals surface area contributed by atoms with Gasteiger partial charge in [0.2, 0.25) is 10.0 Å². The van der Waals surface area contributed by atoms with E-state index in [1.807, 2.05) is 49.4 Å². The number of hydrogen-bond donors (Lipinski definition) is 0. The van der Waals surface area contributed by atoms with E-state index < -0.39 is 18.1 Å². The maximum absolute atomic E-state index is 13.2. The molecule has 0 spiro atoms. The molecule has 4 nitrogen and oxygen atoms in total. The number of aryl methyl sites for hydroxylation is 1. The number of benzene rings is 2. The second-order valence-corrected chi connectivity index (χ2v) is 15.3. The van der Waals surface area contributed by atoms with Crippen molar-refractivity contribution in [3.05, 3.63) is 71.3 Å². The van der Waals surface area contributed by atoms with Gasteiger partial charge in [-0.2, -0.15) is 4.31 Å². The molecular weight excluding hydrogens is 386 g/mol. The highest BCUT2D eigenvalue weighted by molar-refractivity contribution is 7.89. The van der Waals surface area contributed by atoms with E-state index in [1.165, 1.54) is 0 Å². The van der Waals surface area contributed by atoms with Gasteiger partial charge < -0.3 is 4.42 Å². The normalized spacial score (nSPS) is 15.0. The molecule has 0 N–H and O–H groups in total. The number of furan rings is 1. The van der Waals surface area contributed by atoms with E-state index in [1.54, 1.807) is 16.4 Å². The number of hydrogen-bond acceptors (Lipinski definition) is 3. The summed E-state index contributed by atoms with van der Waals surface area (Å²) in [6, 6.07) is 17.0. The van der Waals surface area contributed by atoms with Crippen LogP contribution in [0.5, 0.6) is 0 Å². The summed E-state index contributed by atoms with van der Waals surface area (Å²) in [4.78, 5) is 0.344. The largest absolute Gasteiger partial charge is 0.466 e. The molecule has 3 aromatic rings. The Morgan fingerprint density at radius 2 is 1.50 bits per heavy atom. The van der Waals surface area contributed by atoms with Crippen LogP contribution in [0, 0.1) is 6.92 Å². The van der Waals surface area contributed by atoms with Crippen LogP contribution in [-0.2, 0) is 23.1 Å². The molecule has 1 aromatic heterocycles. The van der Waals surface area contributed by atoms with Crippen LogP contribution in [0.25, 0.3) is 11.3 Å². The standard InChI is InChI=1S/C22H25NO3SSi/c1-16-10-12-18(13-11-16)27(24,25)23-14-19-20(15-23)22(28(2,3)4)26-21(19)17-8-6-5-7-9-17/h5-13H,14-15H2,1-4H3. The highest BCUT2D eigenvalue weighted by Crippen LogP contribution is 2.37.